The van der Waals surface area contributed by atoms with Crippen molar-refractivity contribution in [3.8, 4) is 0 Å². The van der Waals surface area contributed by atoms with Gasteiger partial charge in [-0.3, -0.25) is 0 Å². The van der Waals surface area contributed by atoms with Gasteiger partial charge < -0.3 is 15.6 Å². The first-order valence-corrected chi connectivity index (χ1v) is 6.95. The number of hydrogen-bond acceptors (Lipinski definition) is 2. The predicted octanol–water partition coefficient (Wildman–Crippen LogP) is 3.61. The van der Waals surface area contributed by atoms with Crippen LogP contribution in [0.4, 0.5) is 18.9 Å². The lowest BCUT2D eigenvalue weighted by molar-refractivity contribution is -0.141. The molecule has 0 bridgehead atoms. The quantitative estimate of drug-likeness (QED) is 0.423. The van der Waals surface area contributed by atoms with Crippen LogP contribution in [0.15, 0.2) is 35.6 Å². The van der Waals surface area contributed by atoms with Crippen molar-refractivity contribution >= 4 is 35.6 Å². The Morgan fingerprint density at radius 3 is 2.46 bits per heavy atom. The molecular formula is C15H19F3IN5. The highest BCUT2D eigenvalue weighted by Crippen LogP contribution is 2.18. The number of benzene rings is 1. The molecule has 1 aromatic carbocycles. The van der Waals surface area contributed by atoms with Crippen molar-refractivity contribution in [2.24, 2.45) is 10.7 Å². The number of nitrogens with one attached hydrogen (secondary N) is 1. The third kappa shape index (κ3) is 6.38. The number of nitrogens with two attached hydrogens (primary N) is 1. The van der Waals surface area contributed by atoms with Gasteiger partial charge in [-0.15, -0.1) is 24.0 Å². The number of aromatic nitrogens is 2. The summed E-state index contributed by atoms with van der Waals surface area (Å²) in [6.07, 6.45) is -1.72. The highest BCUT2D eigenvalue weighted by Gasteiger charge is 2.28. The fourth-order valence-corrected chi connectivity index (χ4v) is 2.22. The van der Waals surface area contributed by atoms with E-state index in [2.05, 4.69) is 15.3 Å². The highest BCUT2D eigenvalue weighted by molar-refractivity contribution is 14.0. The average Bonchev–Trinajstić information content (AvgIpc) is 2.80. The number of nitrogens with zero attached hydrogens (tertiary/aromatic N) is 3. The molecule has 0 aliphatic carbocycles. The zero-order valence-corrected chi connectivity index (χ0v) is 15.6. The Morgan fingerprint density at radius 2 is 1.88 bits per heavy atom. The maximum Gasteiger partial charge on any atom is 0.406 e. The molecule has 0 aliphatic rings. The molecule has 5 nitrogen and oxygen atoms in total. The van der Waals surface area contributed by atoms with Crippen molar-refractivity contribution in [3.63, 3.8) is 0 Å². The van der Waals surface area contributed by atoms with Gasteiger partial charge in [-0.05, 0) is 37.1 Å². The lowest BCUT2D eigenvalue weighted by Crippen LogP contribution is -2.23. The second-order valence-corrected chi connectivity index (χ2v) is 5.29. The van der Waals surface area contributed by atoms with E-state index < -0.39 is 12.7 Å². The average molecular weight is 453 g/mol. The number of aliphatic imine (C=N–C) groups is 1. The smallest absolute Gasteiger partial charge is 0.370 e. The second kappa shape index (κ2) is 8.36. The summed E-state index contributed by atoms with van der Waals surface area (Å²) in [5.41, 5.74) is 8.70. The summed E-state index contributed by atoms with van der Waals surface area (Å²) in [7, 11) is 0. The third-order valence-corrected chi connectivity index (χ3v) is 3.04. The summed E-state index contributed by atoms with van der Waals surface area (Å²) >= 11 is 0. The first-order chi connectivity index (χ1) is 10.7. The molecule has 24 heavy (non-hydrogen) atoms. The van der Waals surface area contributed by atoms with Crippen LogP contribution in [0.5, 0.6) is 0 Å². The molecule has 0 radical (unpaired) electrons. The Hall–Kier alpha value is -1.78. The largest absolute Gasteiger partial charge is 0.406 e. The van der Waals surface area contributed by atoms with E-state index in [9.17, 15) is 13.2 Å². The second-order valence-electron chi connectivity index (χ2n) is 5.29. The van der Waals surface area contributed by atoms with Gasteiger partial charge in [0.15, 0.2) is 5.96 Å². The Labute approximate surface area is 155 Å². The van der Waals surface area contributed by atoms with Crippen LogP contribution in [0, 0.1) is 13.8 Å². The molecule has 0 saturated heterocycles. The number of aryl methyl sites for hydroxylation is 2. The van der Waals surface area contributed by atoms with Gasteiger partial charge in [0.25, 0.3) is 0 Å². The molecule has 1 heterocycles. The molecule has 2 aromatic rings. The van der Waals surface area contributed by atoms with Crippen molar-refractivity contribution in [2.45, 2.75) is 33.1 Å². The van der Waals surface area contributed by atoms with Gasteiger partial charge in [-0.25, -0.2) is 9.98 Å². The minimum Gasteiger partial charge on any atom is -0.370 e. The molecular weight excluding hydrogens is 434 g/mol. The Morgan fingerprint density at radius 1 is 1.25 bits per heavy atom. The molecule has 0 fully saturated rings. The van der Waals surface area contributed by atoms with E-state index in [1.807, 2.05) is 32.0 Å². The molecule has 2 rings (SSSR count). The van der Waals surface area contributed by atoms with Crippen molar-refractivity contribution in [1.82, 2.24) is 9.55 Å². The normalized spacial score (nSPS) is 12.0. The summed E-state index contributed by atoms with van der Waals surface area (Å²) in [4.78, 5) is 7.92. The summed E-state index contributed by atoms with van der Waals surface area (Å²) in [6, 6.07) is 5.83. The first-order valence-electron chi connectivity index (χ1n) is 6.95. The molecule has 1 aromatic heterocycles. The monoisotopic (exact) mass is 453 g/mol. The van der Waals surface area contributed by atoms with Gasteiger partial charge in [0.05, 0.1) is 0 Å². The van der Waals surface area contributed by atoms with Crippen molar-refractivity contribution in [2.75, 3.05) is 5.32 Å². The maximum absolute atomic E-state index is 12.4. The molecule has 0 unspecified atom stereocenters. The van der Waals surface area contributed by atoms with E-state index in [-0.39, 0.29) is 42.3 Å². The lowest BCUT2D eigenvalue weighted by Gasteiger charge is -2.10. The zero-order chi connectivity index (χ0) is 17.0. The molecule has 0 atom stereocenters. The SMILES string of the molecule is Cc1cc(C)cc(NC(N)=NCc2nccn2CC(F)(F)F)c1.I. The number of rotatable bonds is 4. The minimum atomic E-state index is -4.30. The molecule has 0 saturated carbocycles. The summed E-state index contributed by atoms with van der Waals surface area (Å²) in [5, 5.41) is 2.92. The van der Waals surface area contributed by atoms with E-state index in [0.717, 1.165) is 21.4 Å². The molecule has 0 amide bonds. The van der Waals surface area contributed by atoms with E-state index >= 15 is 0 Å². The van der Waals surface area contributed by atoms with E-state index in [4.69, 9.17) is 5.73 Å². The van der Waals surface area contributed by atoms with Gasteiger partial charge in [0.2, 0.25) is 0 Å². The number of alkyl halides is 3. The topological polar surface area (TPSA) is 68.2 Å². The maximum atomic E-state index is 12.4. The number of guanidine groups is 1. The Bertz CT molecular complexity index is 689. The molecule has 3 N–H and O–H groups in total. The van der Waals surface area contributed by atoms with Crippen LogP contribution in [0.2, 0.25) is 0 Å². The number of anilines is 1. The molecule has 9 heteroatoms. The Kier molecular flexibility index (Phi) is 7.06. The fourth-order valence-electron chi connectivity index (χ4n) is 2.22. The van der Waals surface area contributed by atoms with E-state index in [1.54, 1.807) is 0 Å². The van der Waals surface area contributed by atoms with Gasteiger partial charge in [0, 0.05) is 18.1 Å². The summed E-state index contributed by atoms with van der Waals surface area (Å²) in [6.45, 7) is 2.79. The standard InChI is InChI=1S/C15H18F3N5.HI/c1-10-5-11(2)7-12(6-10)22-14(19)21-8-13-20-3-4-23(13)9-15(16,17)18;/h3-7H,8-9H2,1-2H3,(H3,19,21,22);1H. The van der Waals surface area contributed by atoms with E-state index in [1.165, 1.54) is 12.4 Å². The van der Waals surface area contributed by atoms with Crippen LogP contribution in [0.3, 0.4) is 0 Å². The first kappa shape index (κ1) is 20.3. The van der Waals surface area contributed by atoms with Crippen molar-refractivity contribution in [3.05, 3.63) is 47.5 Å². The van der Waals surface area contributed by atoms with Crippen LogP contribution in [-0.4, -0.2) is 21.7 Å². The van der Waals surface area contributed by atoms with Crippen molar-refractivity contribution < 1.29 is 13.2 Å². The predicted molar refractivity (Wildman–Crippen MR) is 98.6 cm³/mol. The fraction of sp³-hybridized carbons (Fsp3) is 0.333. The van der Waals surface area contributed by atoms with Crippen LogP contribution < -0.4 is 11.1 Å². The molecule has 0 aliphatic heterocycles. The number of halogens is 4. The summed E-state index contributed by atoms with van der Waals surface area (Å²) in [5.74, 6) is 0.323. The van der Waals surface area contributed by atoms with Crippen molar-refractivity contribution in [1.29, 1.82) is 0 Å². The Balaban J connectivity index is 0.00000288. The highest BCUT2D eigenvalue weighted by atomic mass is 127. The number of hydrogen-bond donors (Lipinski definition) is 2. The number of imidazole rings is 1. The van der Waals surface area contributed by atoms with Crippen LogP contribution in [-0.2, 0) is 13.1 Å². The lowest BCUT2D eigenvalue weighted by atomic mass is 10.1. The van der Waals surface area contributed by atoms with Gasteiger partial charge in [0.1, 0.15) is 18.9 Å². The van der Waals surface area contributed by atoms with Gasteiger partial charge >= 0.3 is 6.18 Å². The van der Waals surface area contributed by atoms with Gasteiger partial charge in [-0.2, -0.15) is 13.2 Å². The van der Waals surface area contributed by atoms with Crippen LogP contribution in [0.25, 0.3) is 0 Å². The summed E-state index contributed by atoms with van der Waals surface area (Å²) < 4.78 is 38.3. The zero-order valence-electron chi connectivity index (χ0n) is 13.3. The molecule has 132 valence electrons. The van der Waals surface area contributed by atoms with E-state index in [0.29, 0.717) is 0 Å². The molecule has 0 spiro atoms. The third-order valence-electron chi connectivity index (χ3n) is 3.04. The van der Waals surface area contributed by atoms with Crippen LogP contribution in [0.1, 0.15) is 17.0 Å². The van der Waals surface area contributed by atoms with Crippen LogP contribution >= 0.6 is 24.0 Å². The minimum absolute atomic E-state index is 0. The van der Waals surface area contributed by atoms with Gasteiger partial charge in [-0.1, -0.05) is 6.07 Å².